The first-order valence-electron chi connectivity index (χ1n) is 6.59. The molecule has 0 fully saturated rings. The van der Waals surface area contributed by atoms with Crippen molar-refractivity contribution in [3.05, 3.63) is 26.7 Å². The molecule has 0 saturated carbocycles. The van der Waals surface area contributed by atoms with Gasteiger partial charge in [-0.05, 0) is 46.3 Å². The van der Waals surface area contributed by atoms with Gasteiger partial charge in [-0.3, -0.25) is 4.99 Å². The first kappa shape index (κ1) is 16.5. The van der Waals surface area contributed by atoms with Crippen molar-refractivity contribution >= 4 is 61.7 Å². The maximum Gasteiger partial charge on any atom is 0.161 e. The van der Waals surface area contributed by atoms with Crippen molar-refractivity contribution in [2.24, 2.45) is 10.4 Å². The van der Waals surface area contributed by atoms with E-state index in [4.69, 9.17) is 23.2 Å². The summed E-state index contributed by atoms with van der Waals surface area (Å²) in [6, 6.07) is 3.79. The quantitative estimate of drug-likeness (QED) is 0.627. The van der Waals surface area contributed by atoms with E-state index in [1.54, 1.807) is 11.8 Å². The van der Waals surface area contributed by atoms with E-state index >= 15 is 0 Å². The average molecular weight is 396 g/mol. The zero-order valence-electron chi connectivity index (χ0n) is 11.5. The van der Waals surface area contributed by atoms with Gasteiger partial charge in [0.15, 0.2) is 5.17 Å². The molecule has 6 heteroatoms. The lowest BCUT2D eigenvalue weighted by Crippen LogP contribution is -2.32. The first-order chi connectivity index (χ1) is 9.51. The fraction of sp³-hybridized carbons (Fsp3) is 0.500. The number of thioether (sulfide) groups is 1. The minimum Gasteiger partial charge on any atom is -0.334 e. The van der Waals surface area contributed by atoms with Crippen LogP contribution in [0.4, 0.5) is 5.69 Å². The Morgan fingerprint density at radius 2 is 2.00 bits per heavy atom. The van der Waals surface area contributed by atoms with Gasteiger partial charge in [0.1, 0.15) is 0 Å². The molecule has 1 N–H and O–H groups in total. The standard InChI is InChI=1S/C14H17BrCl2N2S/c1-3-14(4-2)7-18-13(20-8-14)19-10-6-5-9(15)11(16)12(10)17/h5-6H,3-4,7-8H2,1-2H3,(H,18,19). The van der Waals surface area contributed by atoms with E-state index in [1.165, 1.54) is 0 Å². The molecular formula is C14H17BrCl2N2S. The van der Waals surface area contributed by atoms with Gasteiger partial charge in [0.05, 0.1) is 15.7 Å². The summed E-state index contributed by atoms with van der Waals surface area (Å²) in [6.45, 7) is 5.35. The Kier molecular flexibility index (Phi) is 5.69. The number of hydrogen-bond donors (Lipinski definition) is 1. The van der Waals surface area contributed by atoms with Crippen molar-refractivity contribution in [1.82, 2.24) is 0 Å². The number of aliphatic imine (C=N–C) groups is 1. The van der Waals surface area contributed by atoms with Crippen LogP contribution in [0.1, 0.15) is 26.7 Å². The maximum absolute atomic E-state index is 6.24. The molecule has 0 saturated heterocycles. The molecule has 1 aliphatic rings. The topological polar surface area (TPSA) is 24.4 Å². The molecule has 2 rings (SSSR count). The fourth-order valence-electron chi connectivity index (χ4n) is 2.04. The molecule has 2 nitrogen and oxygen atoms in total. The summed E-state index contributed by atoms with van der Waals surface area (Å²) in [4.78, 5) is 4.67. The molecule has 20 heavy (non-hydrogen) atoms. The summed E-state index contributed by atoms with van der Waals surface area (Å²) in [5.41, 5.74) is 1.14. The molecule has 0 unspecified atom stereocenters. The number of rotatable bonds is 3. The third-order valence-electron chi connectivity index (χ3n) is 3.85. The SMILES string of the molecule is CCC1(CC)CN=C(Nc2ccc(Br)c(Cl)c2Cl)SC1. The molecule has 110 valence electrons. The van der Waals surface area contributed by atoms with Crippen LogP contribution in [0.3, 0.4) is 0 Å². The number of halogens is 3. The zero-order chi connectivity index (χ0) is 14.8. The van der Waals surface area contributed by atoms with Gasteiger partial charge >= 0.3 is 0 Å². The Hall–Kier alpha value is 0.1000. The molecule has 0 radical (unpaired) electrons. The summed E-state index contributed by atoms with van der Waals surface area (Å²) in [5.74, 6) is 1.09. The molecular weight excluding hydrogens is 379 g/mol. The number of nitrogens with zero attached hydrogens (tertiary/aromatic N) is 1. The number of hydrogen-bond acceptors (Lipinski definition) is 3. The van der Waals surface area contributed by atoms with Gasteiger partial charge in [0, 0.05) is 16.8 Å². The lowest BCUT2D eigenvalue weighted by atomic mass is 9.84. The van der Waals surface area contributed by atoms with E-state index in [2.05, 4.69) is 40.1 Å². The highest BCUT2D eigenvalue weighted by atomic mass is 79.9. The van der Waals surface area contributed by atoms with E-state index in [9.17, 15) is 0 Å². The van der Waals surface area contributed by atoms with Crippen LogP contribution in [-0.2, 0) is 0 Å². The molecule has 0 aromatic heterocycles. The highest BCUT2D eigenvalue weighted by Gasteiger charge is 2.30. The number of nitrogens with one attached hydrogen (secondary N) is 1. The normalized spacial score (nSPS) is 17.8. The van der Waals surface area contributed by atoms with Gasteiger partial charge in [0.2, 0.25) is 0 Å². The van der Waals surface area contributed by atoms with Crippen molar-refractivity contribution in [2.45, 2.75) is 26.7 Å². The molecule has 1 aromatic carbocycles. The van der Waals surface area contributed by atoms with Crippen LogP contribution < -0.4 is 5.32 Å². The Balaban J connectivity index is 2.13. The van der Waals surface area contributed by atoms with Crippen molar-refractivity contribution in [3.63, 3.8) is 0 Å². The highest BCUT2D eigenvalue weighted by Crippen LogP contribution is 2.38. The summed E-state index contributed by atoms with van der Waals surface area (Å²) in [5, 5.41) is 5.24. The monoisotopic (exact) mass is 394 g/mol. The second-order valence-corrected chi connectivity index (χ2v) is 7.54. The fourth-order valence-corrected chi connectivity index (χ4v) is 4.15. The van der Waals surface area contributed by atoms with Crippen LogP contribution in [0.5, 0.6) is 0 Å². The van der Waals surface area contributed by atoms with E-state index in [0.29, 0.717) is 15.5 Å². The summed E-state index contributed by atoms with van der Waals surface area (Å²) >= 11 is 17.5. The Labute approximate surface area is 142 Å². The third kappa shape index (κ3) is 3.46. The average Bonchev–Trinajstić information content (AvgIpc) is 2.49. The van der Waals surface area contributed by atoms with E-state index in [1.807, 2.05) is 12.1 Å². The van der Waals surface area contributed by atoms with Crippen molar-refractivity contribution in [3.8, 4) is 0 Å². The molecule has 1 aromatic rings. The summed E-state index contributed by atoms with van der Waals surface area (Å²) < 4.78 is 0.795. The van der Waals surface area contributed by atoms with Gasteiger partial charge in [0.25, 0.3) is 0 Å². The van der Waals surface area contributed by atoms with Gasteiger partial charge in [-0.2, -0.15) is 0 Å². The van der Waals surface area contributed by atoms with E-state index < -0.39 is 0 Å². The number of anilines is 1. The predicted octanol–water partition coefficient (Wildman–Crippen LogP) is 6.08. The number of amidine groups is 1. The van der Waals surface area contributed by atoms with Gasteiger partial charge in [-0.15, -0.1) is 0 Å². The van der Waals surface area contributed by atoms with Gasteiger partial charge < -0.3 is 5.32 Å². The molecule has 0 amide bonds. The Morgan fingerprint density at radius 3 is 2.55 bits per heavy atom. The van der Waals surface area contributed by atoms with E-state index in [0.717, 1.165) is 40.5 Å². The van der Waals surface area contributed by atoms with Crippen LogP contribution >= 0.6 is 50.9 Å². The Morgan fingerprint density at radius 1 is 1.30 bits per heavy atom. The Bertz CT molecular complexity index is 530. The molecule has 0 aliphatic carbocycles. The van der Waals surface area contributed by atoms with E-state index in [-0.39, 0.29) is 0 Å². The van der Waals surface area contributed by atoms with Crippen molar-refractivity contribution in [2.75, 3.05) is 17.6 Å². The minimum atomic E-state index is 0.344. The highest BCUT2D eigenvalue weighted by molar-refractivity contribution is 9.10. The smallest absolute Gasteiger partial charge is 0.161 e. The lowest BCUT2D eigenvalue weighted by molar-refractivity contribution is 0.318. The lowest BCUT2D eigenvalue weighted by Gasteiger charge is -2.33. The second-order valence-electron chi connectivity index (χ2n) is 4.97. The molecule has 1 heterocycles. The third-order valence-corrected chi connectivity index (χ3v) is 6.88. The first-order valence-corrected chi connectivity index (χ1v) is 9.12. The van der Waals surface area contributed by atoms with Gasteiger partial charge in [-0.1, -0.05) is 48.8 Å². The van der Waals surface area contributed by atoms with Crippen molar-refractivity contribution < 1.29 is 0 Å². The van der Waals surface area contributed by atoms with Crippen LogP contribution in [0, 0.1) is 5.41 Å². The molecule has 0 spiro atoms. The van der Waals surface area contributed by atoms with Crippen LogP contribution in [0.15, 0.2) is 21.6 Å². The summed E-state index contributed by atoms with van der Waals surface area (Å²) in [6.07, 6.45) is 2.33. The molecule has 0 atom stereocenters. The molecule has 0 bridgehead atoms. The molecule has 1 aliphatic heterocycles. The van der Waals surface area contributed by atoms with Gasteiger partial charge in [-0.25, -0.2) is 0 Å². The largest absolute Gasteiger partial charge is 0.334 e. The second kappa shape index (κ2) is 6.91. The van der Waals surface area contributed by atoms with Crippen LogP contribution in [-0.4, -0.2) is 17.5 Å². The predicted molar refractivity (Wildman–Crippen MR) is 95.6 cm³/mol. The zero-order valence-corrected chi connectivity index (χ0v) is 15.4. The van der Waals surface area contributed by atoms with Crippen LogP contribution in [0.2, 0.25) is 10.0 Å². The maximum atomic E-state index is 6.24. The summed E-state index contributed by atoms with van der Waals surface area (Å²) in [7, 11) is 0. The van der Waals surface area contributed by atoms with Crippen LogP contribution in [0.25, 0.3) is 0 Å². The van der Waals surface area contributed by atoms with Crippen molar-refractivity contribution in [1.29, 1.82) is 0 Å². The number of benzene rings is 1. The minimum absolute atomic E-state index is 0.344.